The third kappa shape index (κ3) is 2.83. The van der Waals surface area contributed by atoms with E-state index in [0.29, 0.717) is 30.6 Å². The van der Waals surface area contributed by atoms with E-state index in [9.17, 15) is 9.59 Å². The summed E-state index contributed by atoms with van der Waals surface area (Å²) in [5, 5.41) is 13.9. The third-order valence-corrected chi connectivity index (χ3v) is 3.37. The van der Waals surface area contributed by atoms with E-state index in [0.717, 1.165) is 0 Å². The van der Waals surface area contributed by atoms with E-state index in [1.807, 2.05) is 0 Å². The molecule has 1 fully saturated rings. The quantitative estimate of drug-likeness (QED) is 0.849. The largest absolute Gasteiger partial charge is 0.424 e. The number of nitrogens with one attached hydrogen (secondary N) is 1. The van der Waals surface area contributed by atoms with E-state index in [1.165, 1.54) is 0 Å². The Morgan fingerprint density at radius 2 is 2.14 bits per heavy atom. The van der Waals surface area contributed by atoms with Crippen LogP contribution in [0.4, 0.5) is 0 Å². The van der Waals surface area contributed by atoms with Gasteiger partial charge in [-0.05, 0) is 6.92 Å². The summed E-state index contributed by atoms with van der Waals surface area (Å²) in [6.07, 6.45) is 0. The van der Waals surface area contributed by atoms with Gasteiger partial charge in [0.2, 0.25) is 17.7 Å². The maximum Gasteiger partial charge on any atom is 0.276 e. The summed E-state index contributed by atoms with van der Waals surface area (Å²) < 4.78 is 10.0. The molecule has 3 heterocycles. The first-order valence-electron chi connectivity index (χ1n) is 6.82. The van der Waals surface area contributed by atoms with Gasteiger partial charge in [0, 0.05) is 26.1 Å². The molecule has 0 aliphatic carbocycles. The van der Waals surface area contributed by atoms with Crippen LogP contribution in [0.2, 0.25) is 0 Å². The minimum atomic E-state index is -0.235. The second kappa shape index (κ2) is 5.58. The minimum absolute atomic E-state index is 0.142. The molecule has 0 spiro atoms. The highest BCUT2D eigenvalue weighted by atomic mass is 16.5. The van der Waals surface area contributed by atoms with Crippen LogP contribution in [0.5, 0.6) is 0 Å². The lowest BCUT2D eigenvalue weighted by Crippen LogP contribution is -2.55. The Balaban J connectivity index is 1.46. The van der Waals surface area contributed by atoms with Crippen LogP contribution in [0.1, 0.15) is 28.0 Å². The number of hydrogen-bond acceptors (Lipinski definition) is 7. The first kappa shape index (κ1) is 14.2. The van der Waals surface area contributed by atoms with E-state index in [2.05, 4.69) is 20.7 Å². The molecule has 0 bridgehead atoms. The molecule has 116 valence electrons. The number of carbonyl (C=O) groups excluding carboxylic acids is 2. The van der Waals surface area contributed by atoms with Gasteiger partial charge in [-0.3, -0.25) is 9.59 Å². The predicted molar refractivity (Wildman–Crippen MR) is 71.5 cm³/mol. The average Bonchev–Trinajstić information content (AvgIpc) is 3.03. The summed E-state index contributed by atoms with van der Waals surface area (Å²) in [6.45, 7) is 4.31. The summed E-state index contributed by atoms with van der Waals surface area (Å²) in [7, 11) is 0. The topological polar surface area (TPSA) is 114 Å². The van der Waals surface area contributed by atoms with Crippen molar-refractivity contribution < 1.29 is 18.5 Å². The molecule has 2 aromatic heterocycles. The number of aryl methyl sites for hydroxylation is 2. The lowest BCUT2D eigenvalue weighted by Gasteiger charge is -2.37. The van der Waals surface area contributed by atoms with Crippen molar-refractivity contribution in [2.45, 2.75) is 20.4 Å². The zero-order valence-corrected chi connectivity index (χ0v) is 12.2. The zero-order chi connectivity index (χ0) is 15.7. The number of hydrogen-bond donors (Lipinski definition) is 1. The molecule has 1 aliphatic rings. The van der Waals surface area contributed by atoms with Crippen molar-refractivity contribution >= 4 is 11.8 Å². The van der Waals surface area contributed by atoms with Gasteiger partial charge in [-0.25, -0.2) is 0 Å². The number of rotatable bonds is 4. The van der Waals surface area contributed by atoms with E-state index in [1.54, 1.807) is 24.8 Å². The van der Waals surface area contributed by atoms with Crippen LogP contribution in [-0.2, 0) is 11.3 Å². The standard InChI is InChI=1S/C13H15N5O4/c1-7-3-10(17-22-7)13(20)18-5-9(6-18)12(19)14-4-11-16-15-8(2)21-11/h3,9H,4-6H2,1-2H3,(H,14,19). The Hall–Kier alpha value is -2.71. The lowest BCUT2D eigenvalue weighted by atomic mass is 9.98. The molecule has 0 aromatic carbocycles. The van der Waals surface area contributed by atoms with Gasteiger partial charge < -0.3 is 19.2 Å². The molecule has 2 amide bonds. The molecule has 9 nitrogen and oxygen atoms in total. The minimum Gasteiger partial charge on any atom is -0.424 e. The van der Waals surface area contributed by atoms with Gasteiger partial charge >= 0.3 is 0 Å². The van der Waals surface area contributed by atoms with Gasteiger partial charge in [0.1, 0.15) is 5.76 Å². The van der Waals surface area contributed by atoms with Crippen LogP contribution in [0.25, 0.3) is 0 Å². The molecule has 1 N–H and O–H groups in total. The lowest BCUT2D eigenvalue weighted by molar-refractivity contribution is -0.129. The smallest absolute Gasteiger partial charge is 0.276 e. The van der Waals surface area contributed by atoms with Crippen LogP contribution in [0, 0.1) is 19.8 Å². The maximum absolute atomic E-state index is 12.0. The van der Waals surface area contributed by atoms with Crippen LogP contribution in [0.3, 0.4) is 0 Å². The number of likely N-dealkylation sites (tertiary alicyclic amines) is 1. The first-order chi connectivity index (χ1) is 10.5. The molecule has 0 radical (unpaired) electrons. The highest BCUT2D eigenvalue weighted by molar-refractivity contribution is 5.94. The highest BCUT2D eigenvalue weighted by Crippen LogP contribution is 2.19. The fourth-order valence-corrected chi connectivity index (χ4v) is 2.16. The van der Waals surface area contributed by atoms with Crippen LogP contribution in [-0.4, -0.2) is 45.2 Å². The Morgan fingerprint density at radius 3 is 2.73 bits per heavy atom. The van der Waals surface area contributed by atoms with Crippen molar-refractivity contribution in [2.24, 2.45) is 5.92 Å². The van der Waals surface area contributed by atoms with Gasteiger partial charge in [0.25, 0.3) is 5.91 Å². The summed E-state index contributed by atoms with van der Waals surface area (Å²) in [5.41, 5.74) is 0.262. The first-order valence-corrected chi connectivity index (χ1v) is 6.82. The molecular weight excluding hydrogens is 290 g/mol. The van der Waals surface area contributed by atoms with Gasteiger partial charge in [-0.1, -0.05) is 5.16 Å². The molecule has 1 aliphatic heterocycles. The molecule has 22 heavy (non-hydrogen) atoms. The Kier molecular flexibility index (Phi) is 3.61. The van der Waals surface area contributed by atoms with Crippen LogP contribution in [0.15, 0.2) is 15.0 Å². The van der Waals surface area contributed by atoms with E-state index in [-0.39, 0.29) is 30.0 Å². The second-order valence-corrected chi connectivity index (χ2v) is 5.16. The molecule has 1 saturated heterocycles. The fourth-order valence-electron chi connectivity index (χ4n) is 2.16. The highest BCUT2D eigenvalue weighted by Gasteiger charge is 2.36. The van der Waals surface area contributed by atoms with Crippen molar-refractivity contribution in [1.29, 1.82) is 0 Å². The Bertz CT molecular complexity index is 701. The van der Waals surface area contributed by atoms with Crippen LogP contribution < -0.4 is 5.32 Å². The van der Waals surface area contributed by atoms with Crippen molar-refractivity contribution in [2.75, 3.05) is 13.1 Å². The maximum atomic E-state index is 12.0. The number of amides is 2. The van der Waals surface area contributed by atoms with Crippen molar-refractivity contribution in [3.05, 3.63) is 29.3 Å². The fraction of sp³-hybridized carbons (Fsp3) is 0.462. The van der Waals surface area contributed by atoms with Crippen LogP contribution >= 0.6 is 0 Å². The van der Waals surface area contributed by atoms with Crippen molar-refractivity contribution in [3.63, 3.8) is 0 Å². The molecular formula is C13H15N5O4. The molecule has 0 unspecified atom stereocenters. The van der Waals surface area contributed by atoms with Crippen molar-refractivity contribution in [3.8, 4) is 0 Å². The Morgan fingerprint density at radius 1 is 1.36 bits per heavy atom. The summed E-state index contributed by atoms with van der Waals surface area (Å²) in [4.78, 5) is 25.5. The van der Waals surface area contributed by atoms with Gasteiger partial charge in [0.05, 0.1) is 12.5 Å². The normalized spacial score (nSPS) is 14.7. The molecule has 2 aromatic rings. The van der Waals surface area contributed by atoms with E-state index < -0.39 is 0 Å². The number of carbonyl (C=O) groups is 2. The summed E-state index contributed by atoms with van der Waals surface area (Å²) >= 11 is 0. The molecule has 3 rings (SSSR count). The Labute approximate surface area is 125 Å². The molecule has 9 heteroatoms. The monoisotopic (exact) mass is 305 g/mol. The SMILES string of the molecule is Cc1cc(C(=O)N2CC(C(=O)NCc3nnc(C)o3)C2)no1. The third-order valence-electron chi connectivity index (χ3n) is 3.37. The zero-order valence-electron chi connectivity index (χ0n) is 12.2. The van der Waals surface area contributed by atoms with Gasteiger partial charge in [0.15, 0.2) is 5.69 Å². The van der Waals surface area contributed by atoms with Crippen molar-refractivity contribution in [1.82, 2.24) is 25.6 Å². The predicted octanol–water partition coefficient (Wildman–Crippen LogP) is 0.0628. The van der Waals surface area contributed by atoms with E-state index in [4.69, 9.17) is 8.94 Å². The number of nitrogens with zero attached hydrogens (tertiary/aromatic N) is 4. The summed E-state index contributed by atoms with van der Waals surface area (Å²) in [6, 6.07) is 1.58. The van der Waals surface area contributed by atoms with E-state index >= 15 is 0 Å². The molecule has 0 saturated carbocycles. The summed E-state index contributed by atoms with van der Waals surface area (Å²) in [5.74, 6) is 0.780. The van der Waals surface area contributed by atoms with Gasteiger partial charge in [-0.2, -0.15) is 0 Å². The average molecular weight is 305 g/mol. The molecule has 0 atom stereocenters. The van der Waals surface area contributed by atoms with Gasteiger partial charge in [-0.15, -0.1) is 10.2 Å². The second-order valence-electron chi connectivity index (χ2n) is 5.16. The number of aromatic nitrogens is 3.